The molecule has 0 aromatic heterocycles. The quantitative estimate of drug-likeness (QED) is 0.924. The molecule has 0 bridgehead atoms. The van der Waals surface area contributed by atoms with Gasteiger partial charge in [-0.25, -0.2) is 8.42 Å². The summed E-state index contributed by atoms with van der Waals surface area (Å²) in [6.07, 6.45) is 1.58. The van der Waals surface area contributed by atoms with Gasteiger partial charge in [0.05, 0.1) is 17.0 Å². The number of hydrogen-bond donors (Lipinski definition) is 1. The molecule has 0 unspecified atom stereocenters. The lowest BCUT2D eigenvalue weighted by Gasteiger charge is -2.37. The van der Waals surface area contributed by atoms with E-state index < -0.39 is 15.9 Å². The van der Waals surface area contributed by atoms with E-state index in [-0.39, 0.29) is 16.8 Å². The average molecular weight is 344 g/mol. The molecular formula is C18H20N2O3S. The van der Waals surface area contributed by atoms with Crippen LogP contribution < -0.4 is 10.6 Å². The molecule has 24 heavy (non-hydrogen) atoms. The average Bonchev–Trinajstić information content (AvgIpc) is 2.55. The molecule has 3 rings (SSSR count). The maximum atomic E-state index is 12.7. The molecule has 2 aromatic rings. The van der Waals surface area contributed by atoms with Gasteiger partial charge in [-0.3, -0.25) is 4.79 Å². The zero-order valence-corrected chi connectivity index (χ0v) is 14.5. The molecule has 0 radical (unpaired) electrons. The lowest BCUT2D eigenvalue weighted by atomic mass is 9.94. The second-order valence-electron chi connectivity index (χ2n) is 6.17. The van der Waals surface area contributed by atoms with Crippen LogP contribution >= 0.6 is 0 Å². The molecule has 0 fully saturated rings. The van der Waals surface area contributed by atoms with Crippen molar-refractivity contribution in [3.63, 3.8) is 0 Å². The van der Waals surface area contributed by atoms with Crippen molar-refractivity contribution in [3.8, 4) is 0 Å². The Kier molecular flexibility index (Phi) is 4.19. The number of benzene rings is 2. The minimum Gasteiger partial charge on any atom is -0.320 e. The maximum absolute atomic E-state index is 12.7. The summed E-state index contributed by atoms with van der Waals surface area (Å²) < 4.78 is 23.8. The summed E-state index contributed by atoms with van der Waals surface area (Å²) in [5.41, 5.74) is 8.49. The van der Waals surface area contributed by atoms with Crippen molar-refractivity contribution in [1.29, 1.82) is 0 Å². The molecule has 0 saturated carbocycles. The van der Waals surface area contributed by atoms with Gasteiger partial charge in [0.2, 0.25) is 5.91 Å². The van der Waals surface area contributed by atoms with Gasteiger partial charge in [-0.15, -0.1) is 0 Å². The molecule has 2 atom stereocenters. The maximum Gasteiger partial charge on any atom is 0.244 e. The molecule has 1 aliphatic heterocycles. The molecule has 126 valence electrons. The normalized spacial score (nSPS) is 19.0. The molecule has 6 heteroatoms. The summed E-state index contributed by atoms with van der Waals surface area (Å²) in [7, 11) is -3.35. The van der Waals surface area contributed by atoms with E-state index in [2.05, 4.69) is 0 Å². The molecule has 1 amide bonds. The van der Waals surface area contributed by atoms with Crippen LogP contribution in [0.5, 0.6) is 0 Å². The third kappa shape index (κ3) is 2.95. The van der Waals surface area contributed by atoms with E-state index in [1.807, 2.05) is 37.3 Å². The Hall–Kier alpha value is -2.18. The summed E-state index contributed by atoms with van der Waals surface area (Å²) >= 11 is 0. The van der Waals surface area contributed by atoms with E-state index in [0.29, 0.717) is 12.1 Å². The van der Waals surface area contributed by atoms with E-state index in [4.69, 9.17) is 5.73 Å². The van der Waals surface area contributed by atoms with Crippen molar-refractivity contribution in [2.45, 2.75) is 30.3 Å². The molecule has 2 N–H and O–H groups in total. The summed E-state index contributed by atoms with van der Waals surface area (Å²) in [4.78, 5) is 14.5. The van der Waals surface area contributed by atoms with Gasteiger partial charge >= 0.3 is 0 Å². The molecule has 0 saturated heterocycles. The zero-order valence-electron chi connectivity index (χ0n) is 13.6. The minimum atomic E-state index is -3.35. The lowest BCUT2D eigenvalue weighted by molar-refractivity contribution is -0.120. The predicted molar refractivity (Wildman–Crippen MR) is 93.6 cm³/mol. The third-order valence-corrected chi connectivity index (χ3v) is 5.52. The van der Waals surface area contributed by atoms with Gasteiger partial charge in [0.25, 0.3) is 0 Å². The first-order valence-corrected chi connectivity index (χ1v) is 9.65. The predicted octanol–water partition coefficient (Wildman–Crippen LogP) is 2.07. The van der Waals surface area contributed by atoms with Crippen molar-refractivity contribution in [3.05, 3.63) is 59.7 Å². The summed E-state index contributed by atoms with van der Waals surface area (Å²) in [6, 6.07) is 13.7. The van der Waals surface area contributed by atoms with Crippen molar-refractivity contribution in [1.82, 2.24) is 0 Å². The van der Waals surface area contributed by atoms with E-state index >= 15 is 0 Å². The van der Waals surface area contributed by atoms with Crippen LogP contribution in [-0.4, -0.2) is 26.6 Å². The number of hydrogen-bond acceptors (Lipinski definition) is 4. The Labute approximate surface area is 142 Å². The summed E-state index contributed by atoms with van der Waals surface area (Å²) in [5, 5.41) is 0. The standard InChI is InChI=1S/C18H20N2O3S/c1-12(13-6-4-3-5-7-13)20-17-11-15(24(2,22)23)9-8-14(17)10-16(19)18(20)21/h3-9,11-12,16H,10,19H2,1-2H3/t12-,16+/m0/s1. The monoisotopic (exact) mass is 344 g/mol. The Morgan fingerprint density at radius 1 is 1.17 bits per heavy atom. The van der Waals surface area contributed by atoms with Gasteiger partial charge in [-0.1, -0.05) is 36.4 Å². The highest BCUT2D eigenvalue weighted by atomic mass is 32.2. The zero-order chi connectivity index (χ0) is 17.5. The molecule has 1 aliphatic rings. The number of nitrogens with two attached hydrogens (primary N) is 1. The SMILES string of the molecule is C[C@@H](c1ccccc1)N1C(=O)[C@H](N)Cc2ccc(S(C)(=O)=O)cc21. The van der Waals surface area contributed by atoms with E-state index in [9.17, 15) is 13.2 Å². The molecule has 0 spiro atoms. The Morgan fingerprint density at radius 2 is 1.83 bits per heavy atom. The fraction of sp³-hybridized carbons (Fsp3) is 0.278. The number of sulfone groups is 1. The fourth-order valence-electron chi connectivity index (χ4n) is 3.07. The van der Waals surface area contributed by atoms with Crippen LogP contribution in [0.4, 0.5) is 5.69 Å². The van der Waals surface area contributed by atoms with E-state index in [1.54, 1.807) is 23.1 Å². The van der Waals surface area contributed by atoms with Gasteiger partial charge in [-0.05, 0) is 36.6 Å². The van der Waals surface area contributed by atoms with Crippen LogP contribution in [0.15, 0.2) is 53.4 Å². The van der Waals surface area contributed by atoms with Crippen molar-refractivity contribution in [2.24, 2.45) is 5.73 Å². The lowest BCUT2D eigenvalue weighted by Crippen LogP contribution is -2.49. The number of carbonyl (C=O) groups is 1. The van der Waals surface area contributed by atoms with Crippen LogP contribution in [0, 0.1) is 0 Å². The number of carbonyl (C=O) groups excluding carboxylic acids is 1. The third-order valence-electron chi connectivity index (χ3n) is 4.41. The Bertz CT molecular complexity index is 878. The smallest absolute Gasteiger partial charge is 0.244 e. The molecule has 5 nitrogen and oxygen atoms in total. The topological polar surface area (TPSA) is 80.5 Å². The van der Waals surface area contributed by atoms with Crippen molar-refractivity contribution < 1.29 is 13.2 Å². The van der Waals surface area contributed by atoms with Gasteiger partial charge in [0.15, 0.2) is 9.84 Å². The number of anilines is 1. The number of fused-ring (bicyclic) bond motifs is 1. The van der Waals surface area contributed by atoms with Gasteiger partial charge < -0.3 is 10.6 Å². The highest BCUT2D eigenvalue weighted by molar-refractivity contribution is 7.90. The fourth-order valence-corrected chi connectivity index (χ4v) is 3.71. The summed E-state index contributed by atoms with van der Waals surface area (Å²) in [5.74, 6) is -0.190. The first kappa shape index (κ1) is 16.7. The second kappa shape index (κ2) is 6.03. The van der Waals surface area contributed by atoms with Crippen molar-refractivity contribution in [2.75, 3.05) is 11.2 Å². The molecule has 1 heterocycles. The van der Waals surface area contributed by atoms with Crippen LogP contribution in [-0.2, 0) is 21.1 Å². The van der Waals surface area contributed by atoms with Gasteiger partial charge in [-0.2, -0.15) is 0 Å². The second-order valence-corrected chi connectivity index (χ2v) is 8.18. The first-order chi connectivity index (χ1) is 11.3. The van der Waals surface area contributed by atoms with Crippen LogP contribution in [0.3, 0.4) is 0 Å². The van der Waals surface area contributed by atoms with Crippen LogP contribution in [0.25, 0.3) is 0 Å². The van der Waals surface area contributed by atoms with E-state index in [0.717, 1.165) is 17.4 Å². The Balaban J connectivity index is 2.14. The number of nitrogens with zero attached hydrogens (tertiary/aromatic N) is 1. The molecule has 0 aliphatic carbocycles. The van der Waals surface area contributed by atoms with Crippen LogP contribution in [0.2, 0.25) is 0 Å². The first-order valence-electron chi connectivity index (χ1n) is 7.75. The van der Waals surface area contributed by atoms with Gasteiger partial charge in [0, 0.05) is 11.9 Å². The van der Waals surface area contributed by atoms with Crippen LogP contribution in [0.1, 0.15) is 24.1 Å². The number of amides is 1. The minimum absolute atomic E-state index is 0.190. The highest BCUT2D eigenvalue weighted by Gasteiger charge is 2.34. The van der Waals surface area contributed by atoms with Gasteiger partial charge in [0.1, 0.15) is 0 Å². The van der Waals surface area contributed by atoms with E-state index in [1.165, 1.54) is 0 Å². The largest absolute Gasteiger partial charge is 0.320 e. The highest BCUT2D eigenvalue weighted by Crippen LogP contribution is 2.36. The number of rotatable bonds is 3. The van der Waals surface area contributed by atoms with Crippen molar-refractivity contribution >= 4 is 21.4 Å². The Morgan fingerprint density at radius 3 is 2.46 bits per heavy atom. The molecule has 2 aromatic carbocycles. The molecular weight excluding hydrogens is 324 g/mol. The summed E-state index contributed by atoms with van der Waals surface area (Å²) in [6.45, 7) is 1.92.